The number of hydrogen-bond donors (Lipinski definition) is 4. The molecule has 0 saturated heterocycles. The van der Waals surface area contributed by atoms with Gasteiger partial charge in [0.2, 0.25) is 23.6 Å². The fourth-order valence-corrected chi connectivity index (χ4v) is 6.04. The van der Waals surface area contributed by atoms with Gasteiger partial charge >= 0.3 is 0 Å². The molecule has 0 spiro atoms. The van der Waals surface area contributed by atoms with Crippen molar-refractivity contribution in [2.24, 2.45) is 0 Å². The van der Waals surface area contributed by atoms with Crippen LogP contribution < -0.4 is 21.3 Å². The van der Waals surface area contributed by atoms with Crippen LogP contribution in [0.5, 0.6) is 0 Å². The highest BCUT2D eigenvalue weighted by Crippen LogP contribution is 2.14. The number of unbranched alkanes of at least 4 members (excludes halogenated alkanes) is 15. The van der Waals surface area contributed by atoms with Crippen molar-refractivity contribution in [3.63, 3.8) is 0 Å². The first-order valence-corrected chi connectivity index (χ1v) is 22.4. The van der Waals surface area contributed by atoms with E-state index in [-0.39, 0.29) is 30.0 Å². The van der Waals surface area contributed by atoms with Crippen molar-refractivity contribution < 1.29 is 38.1 Å². The highest BCUT2D eigenvalue weighted by atomic mass is 32.2. The first-order valence-electron chi connectivity index (χ1n) is 21.3. The van der Waals surface area contributed by atoms with Gasteiger partial charge in [0.05, 0.1) is 58.6 Å². The van der Waals surface area contributed by atoms with Crippen LogP contribution >= 0.6 is 11.8 Å². The second-order valence-electron chi connectivity index (χ2n) is 14.1. The number of nitrogens with one attached hydrogen (secondary N) is 4. The zero-order valence-corrected chi connectivity index (χ0v) is 35.4. The lowest BCUT2D eigenvalue weighted by Gasteiger charge is -2.09. The van der Waals surface area contributed by atoms with Crippen molar-refractivity contribution in [3.8, 4) is 0 Å². The second kappa shape index (κ2) is 42.2. The van der Waals surface area contributed by atoms with Crippen LogP contribution in [-0.2, 0) is 38.1 Å². The molecule has 13 heteroatoms. The molecule has 0 saturated carbocycles. The van der Waals surface area contributed by atoms with Crippen LogP contribution in [0.2, 0.25) is 0 Å². The van der Waals surface area contributed by atoms with E-state index in [2.05, 4.69) is 42.0 Å². The van der Waals surface area contributed by atoms with Crippen molar-refractivity contribution in [1.82, 2.24) is 21.3 Å². The van der Waals surface area contributed by atoms with Gasteiger partial charge in [0, 0.05) is 45.4 Å². The van der Waals surface area contributed by atoms with E-state index in [1.54, 1.807) is 11.8 Å². The molecule has 0 bridgehead atoms. The third kappa shape index (κ3) is 42.8. The van der Waals surface area contributed by atoms with Crippen LogP contribution in [0, 0.1) is 0 Å². The minimum atomic E-state index is -0.105. The van der Waals surface area contributed by atoms with E-state index in [0.29, 0.717) is 103 Å². The summed E-state index contributed by atoms with van der Waals surface area (Å²) in [6.07, 6.45) is 22.5. The van der Waals surface area contributed by atoms with Gasteiger partial charge in [-0.2, -0.15) is 0 Å². The van der Waals surface area contributed by atoms with Crippen molar-refractivity contribution in [1.29, 1.82) is 0 Å². The standard InChI is InChI=1S/C41H80N4O8S/c1-4-5-6-7-8-9-10-11-12-13-14-15-16-17-18-21-38(46)43-25-30-52-34-35-53-31-27-45-40(48)23-28-50-32-33-51-29-26-44-39(47)22-19-20-24-42-41(49)36-54-37(2)3/h37H,4-36H2,1-3H3,(H,42,49)(H,43,46)(H,44,47)(H,45,48). The molecule has 4 N–H and O–H groups in total. The fraction of sp³-hybridized carbons (Fsp3) is 0.902. The molecule has 0 fully saturated rings. The van der Waals surface area contributed by atoms with Crippen molar-refractivity contribution in [2.45, 2.75) is 154 Å². The lowest BCUT2D eigenvalue weighted by molar-refractivity contribution is -0.123. The molecule has 0 heterocycles. The molecule has 0 aromatic heterocycles. The molecule has 0 aromatic rings. The Labute approximate surface area is 333 Å². The molecule has 4 amide bonds. The largest absolute Gasteiger partial charge is 0.379 e. The number of hydrogen-bond acceptors (Lipinski definition) is 9. The van der Waals surface area contributed by atoms with Gasteiger partial charge in [0.1, 0.15) is 0 Å². The molecule has 54 heavy (non-hydrogen) atoms. The van der Waals surface area contributed by atoms with Gasteiger partial charge in [-0.3, -0.25) is 19.2 Å². The molecule has 0 aliphatic rings. The average molecular weight is 789 g/mol. The third-order valence-corrected chi connectivity index (χ3v) is 9.73. The molecule has 0 aliphatic carbocycles. The molecule has 0 aromatic carbocycles. The monoisotopic (exact) mass is 789 g/mol. The summed E-state index contributed by atoms with van der Waals surface area (Å²) in [5.41, 5.74) is 0. The SMILES string of the molecule is CCCCCCCCCCCCCCCCCC(=O)NCCOCCOCCNC(=O)CCOCCOCCNC(=O)CCCCNC(=O)CSC(C)C. The minimum absolute atomic E-state index is 0.0289. The lowest BCUT2D eigenvalue weighted by atomic mass is 10.0. The van der Waals surface area contributed by atoms with Crippen molar-refractivity contribution in [2.75, 3.05) is 84.8 Å². The number of ether oxygens (including phenoxy) is 4. The number of rotatable bonds is 42. The van der Waals surface area contributed by atoms with Gasteiger partial charge in [-0.25, -0.2) is 0 Å². The predicted molar refractivity (Wildman–Crippen MR) is 221 cm³/mol. The summed E-state index contributed by atoms with van der Waals surface area (Å²) < 4.78 is 21.9. The number of carbonyl (C=O) groups excluding carboxylic acids is 4. The van der Waals surface area contributed by atoms with Crippen molar-refractivity contribution in [3.05, 3.63) is 0 Å². The molecule has 0 aliphatic heterocycles. The molecule has 318 valence electrons. The molecular weight excluding hydrogens is 709 g/mol. The van der Waals surface area contributed by atoms with Gasteiger partial charge in [-0.15, -0.1) is 11.8 Å². The average Bonchev–Trinajstić information content (AvgIpc) is 3.15. The maximum Gasteiger partial charge on any atom is 0.230 e. The molecule has 0 rings (SSSR count). The second-order valence-corrected chi connectivity index (χ2v) is 15.7. The number of thioether (sulfide) groups is 1. The first-order chi connectivity index (χ1) is 26.3. The van der Waals surface area contributed by atoms with E-state index < -0.39 is 0 Å². The highest BCUT2D eigenvalue weighted by Gasteiger charge is 2.05. The third-order valence-electron chi connectivity index (χ3n) is 8.63. The Kier molecular flexibility index (Phi) is 40.7. The summed E-state index contributed by atoms with van der Waals surface area (Å²) in [6.45, 7) is 11.5. The Morgan fingerprint density at radius 2 is 0.759 bits per heavy atom. The molecule has 12 nitrogen and oxygen atoms in total. The topological polar surface area (TPSA) is 153 Å². The summed E-state index contributed by atoms with van der Waals surface area (Å²) in [4.78, 5) is 47.5. The summed E-state index contributed by atoms with van der Waals surface area (Å²) in [7, 11) is 0. The zero-order chi connectivity index (χ0) is 39.6. The minimum Gasteiger partial charge on any atom is -0.379 e. The fourth-order valence-electron chi connectivity index (χ4n) is 5.45. The van der Waals surface area contributed by atoms with Gasteiger partial charge in [-0.1, -0.05) is 111 Å². The van der Waals surface area contributed by atoms with Crippen LogP contribution in [-0.4, -0.2) is 114 Å². The Balaban J connectivity index is 3.32. The van der Waals surface area contributed by atoms with E-state index >= 15 is 0 Å². The summed E-state index contributed by atoms with van der Waals surface area (Å²) in [6, 6.07) is 0. The van der Waals surface area contributed by atoms with Crippen molar-refractivity contribution >= 4 is 35.4 Å². The number of carbonyl (C=O) groups is 4. The summed E-state index contributed by atoms with van der Waals surface area (Å²) in [5, 5.41) is 11.8. The zero-order valence-electron chi connectivity index (χ0n) is 34.6. The Hall–Kier alpha value is -1.93. The quantitative estimate of drug-likeness (QED) is 0.0510. The van der Waals surface area contributed by atoms with Crippen LogP contribution in [0.4, 0.5) is 0 Å². The Bertz CT molecular complexity index is 884. The van der Waals surface area contributed by atoms with Crippen LogP contribution in [0.15, 0.2) is 0 Å². The normalized spacial score (nSPS) is 11.2. The highest BCUT2D eigenvalue weighted by molar-refractivity contribution is 8.00. The van der Waals surface area contributed by atoms with E-state index in [0.717, 1.165) is 25.7 Å². The molecule has 0 radical (unpaired) electrons. The van der Waals surface area contributed by atoms with Crippen LogP contribution in [0.25, 0.3) is 0 Å². The maximum atomic E-state index is 12.0. The smallest absolute Gasteiger partial charge is 0.230 e. The molecular formula is C41H80N4O8S. The van der Waals surface area contributed by atoms with E-state index in [4.69, 9.17) is 18.9 Å². The van der Waals surface area contributed by atoms with E-state index in [9.17, 15) is 19.2 Å². The van der Waals surface area contributed by atoms with E-state index in [1.165, 1.54) is 83.5 Å². The number of amides is 4. The summed E-state index contributed by atoms with van der Waals surface area (Å²) >= 11 is 1.61. The van der Waals surface area contributed by atoms with Crippen LogP contribution in [0.3, 0.4) is 0 Å². The lowest BCUT2D eigenvalue weighted by Crippen LogP contribution is -2.29. The van der Waals surface area contributed by atoms with Gasteiger partial charge < -0.3 is 40.2 Å². The van der Waals surface area contributed by atoms with Gasteiger partial charge in [-0.05, 0) is 24.5 Å². The van der Waals surface area contributed by atoms with E-state index in [1.807, 2.05) is 0 Å². The van der Waals surface area contributed by atoms with Gasteiger partial charge in [0.15, 0.2) is 0 Å². The van der Waals surface area contributed by atoms with Crippen LogP contribution in [0.1, 0.15) is 149 Å². The van der Waals surface area contributed by atoms with Gasteiger partial charge in [0.25, 0.3) is 0 Å². The maximum absolute atomic E-state index is 12.0. The Morgan fingerprint density at radius 1 is 0.407 bits per heavy atom. The first kappa shape index (κ1) is 52.1. The summed E-state index contributed by atoms with van der Waals surface area (Å²) in [5.74, 6) is 0.468. The molecule has 0 unspecified atom stereocenters. The predicted octanol–water partition coefficient (Wildman–Crippen LogP) is 6.48. The molecule has 0 atom stereocenters. The Morgan fingerprint density at radius 3 is 1.19 bits per heavy atom.